The van der Waals surface area contributed by atoms with Gasteiger partial charge in [-0.1, -0.05) is 76.9 Å². The van der Waals surface area contributed by atoms with Gasteiger partial charge in [0.1, 0.15) is 6.61 Å². The molecule has 0 amide bonds. The van der Waals surface area contributed by atoms with Crippen molar-refractivity contribution in [1.82, 2.24) is 0 Å². The van der Waals surface area contributed by atoms with Crippen LogP contribution in [0.2, 0.25) is 0 Å². The van der Waals surface area contributed by atoms with Crippen LogP contribution in [-0.2, 0) is 9.53 Å². The van der Waals surface area contributed by atoms with Crippen molar-refractivity contribution in [2.45, 2.75) is 96.8 Å². The number of carbonyl (C=O) groups is 1. The number of ether oxygens (including phenoxy) is 1. The molecule has 0 atom stereocenters. The number of allylic oxidation sites excluding steroid dienone is 2. The van der Waals surface area contributed by atoms with E-state index in [4.69, 9.17) is 4.74 Å². The number of thiol groups is 1. The SMILES string of the molecule is CC/C=C/CCCCCCCCCCCCCC(=O)OCCS. The molecule has 0 heterocycles. The van der Waals surface area contributed by atoms with Crippen molar-refractivity contribution in [3.63, 3.8) is 0 Å². The van der Waals surface area contributed by atoms with E-state index in [0.717, 1.165) is 12.8 Å². The molecule has 0 aromatic rings. The predicted octanol–water partition coefficient (Wildman–Crippen LogP) is 6.50. The maximum absolute atomic E-state index is 11.3. The highest BCUT2D eigenvalue weighted by Gasteiger charge is 2.01. The Kier molecular flexibility index (Phi) is 19.2. The van der Waals surface area contributed by atoms with Crippen molar-refractivity contribution in [3.8, 4) is 0 Å². The summed E-state index contributed by atoms with van der Waals surface area (Å²) in [5, 5.41) is 0. The van der Waals surface area contributed by atoms with E-state index in [9.17, 15) is 4.79 Å². The smallest absolute Gasteiger partial charge is 0.305 e. The first-order valence-electron chi connectivity index (χ1n) is 9.72. The Labute approximate surface area is 149 Å². The number of esters is 1. The van der Waals surface area contributed by atoms with Crippen molar-refractivity contribution < 1.29 is 9.53 Å². The molecular formula is C20H38O2S. The highest BCUT2D eigenvalue weighted by molar-refractivity contribution is 7.80. The van der Waals surface area contributed by atoms with E-state index in [1.165, 1.54) is 70.6 Å². The van der Waals surface area contributed by atoms with Gasteiger partial charge >= 0.3 is 5.97 Å². The number of hydrogen-bond donors (Lipinski definition) is 1. The molecule has 0 saturated carbocycles. The summed E-state index contributed by atoms with van der Waals surface area (Å²) in [5.74, 6) is 0.547. The lowest BCUT2D eigenvalue weighted by Gasteiger charge is -2.04. The van der Waals surface area contributed by atoms with Gasteiger partial charge in [-0.15, -0.1) is 0 Å². The van der Waals surface area contributed by atoms with Crippen LogP contribution in [0.15, 0.2) is 12.2 Å². The molecule has 3 heteroatoms. The average Bonchev–Trinajstić information content (AvgIpc) is 2.56. The van der Waals surface area contributed by atoms with Crippen LogP contribution in [0.4, 0.5) is 0 Å². The van der Waals surface area contributed by atoms with Crippen LogP contribution < -0.4 is 0 Å². The molecule has 0 unspecified atom stereocenters. The van der Waals surface area contributed by atoms with Crippen LogP contribution in [0.5, 0.6) is 0 Å². The summed E-state index contributed by atoms with van der Waals surface area (Å²) in [6.07, 6.45) is 21.9. The van der Waals surface area contributed by atoms with Crippen LogP contribution in [0.3, 0.4) is 0 Å². The monoisotopic (exact) mass is 342 g/mol. The Morgan fingerprint density at radius 2 is 1.35 bits per heavy atom. The fraction of sp³-hybridized carbons (Fsp3) is 0.850. The molecule has 0 N–H and O–H groups in total. The molecule has 0 radical (unpaired) electrons. The fourth-order valence-electron chi connectivity index (χ4n) is 2.64. The van der Waals surface area contributed by atoms with Gasteiger partial charge in [-0.2, -0.15) is 12.6 Å². The molecular weight excluding hydrogens is 304 g/mol. The lowest BCUT2D eigenvalue weighted by Crippen LogP contribution is -2.06. The molecule has 0 aromatic heterocycles. The molecule has 0 saturated heterocycles. The lowest BCUT2D eigenvalue weighted by atomic mass is 10.0. The Balaban J connectivity index is 3.08. The van der Waals surface area contributed by atoms with E-state index < -0.39 is 0 Å². The van der Waals surface area contributed by atoms with Crippen molar-refractivity contribution in [1.29, 1.82) is 0 Å². The van der Waals surface area contributed by atoms with Gasteiger partial charge in [0.05, 0.1) is 0 Å². The van der Waals surface area contributed by atoms with E-state index in [1.54, 1.807) is 0 Å². The normalized spacial score (nSPS) is 11.2. The van der Waals surface area contributed by atoms with Gasteiger partial charge in [0, 0.05) is 12.2 Å². The molecule has 0 aromatic carbocycles. The standard InChI is InChI=1S/C20H38O2S/c1-2-3-4-5-6-7-8-9-10-11-12-13-14-15-16-17-20(21)22-18-19-23/h3-4,23H,2,5-19H2,1H3/b4-3+. The minimum absolute atomic E-state index is 0.0655. The zero-order valence-electron chi connectivity index (χ0n) is 15.2. The highest BCUT2D eigenvalue weighted by atomic mass is 32.1. The quantitative estimate of drug-likeness (QED) is 0.141. The van der Waals surface area contributed by atoms with Crippen LogP contribution in [0.1, 0.15) is 96.8 Å². The molecule has 0 aliphatic carbocycles. The first kappa shape index (κ1) is 22.6. The lowest BCUT2D eigenvalue weighted by molar-refractivity contribution is -0.143. The number of unbranched alkanes of at least 4 members (excludes halogenated alkanes) is 11. The van der Waals surface area contributed by atoms with Crippen LogP contribution in [0, 0.1) is 0 Å². The summed E-state index contributed by atoms with van der Waals surface area (Å²) in [6, 6.07) is 0. The number of hydrogen-bond acceptors (Lipinski definition) is 3. The van der Waals surface area contributed by atoms with E-state index >= 15 is 0 Å². The zero-order chi connectivity index (χ0) is 17.0. The van der Waals surface area contributed by atoms with Gasteiger partial charge in [-0.3, -0.25) is 4.79 Å². The summed E-state index contributed by atoms with van der Waals surface area (Å²) in [7, 11) is 0. The second-order valence-electron chi connectivity index (χ2n) is 6.25. The molecule has 0 rings (SSSR count). The minimum atomic E-state index is -0.0655. The number of carbonyl (C=O) groups excluding carboxylic acids is 1. The molecule has 2 nitrogen and oxygen atoms in total. The predicted molar refractivity (Wildman–Crippen MR) is 104 cm³/mol. The molecule has 0 fully saturated rings. The third kappa shape index (κ3) is 19.5. The summed E-state index contributed by atoms with van der Waals surface area (Å²) in [6.45, 7) is 2.63. The van der Waals surface area contributed by atoms with Crippen LogP contribution >= 0.6 is 12.6 Å². The van der Waals surface area contributed by atoms with Crippen molar-refractivity contribution in [3.05, 3.63) is 12.2 Å². The topological polar surface area (TPSA) is 26.3 Å². The highest BCUT2D eigenvalue weighted by Crippen LogP contribution is 2.12. The molecule has 23 heavy (non-hydrogen) atoms. The van der Waals surface area contributed by atoms with Gasteiger partial charge in [0.25, 0.3) is 0 Å². The maximum atomic E-state index is 11.3. The summed E-state index contributed by atoms with van der Waals surface area (Å²) < 4.78 is 4.99. The largest absolute Gasteiger partial charge is 0.465 e. The van der Waals surface area contributed by atoms with Crippen LogP contribution in [-0.4, -0.2) is 18.3 Å². The molecule has 0 aliphatic rings. The van der Waals surface area contributed by atoms with Gasteiger partial charge in [0.15, 0.2) is 0 Å². The van der Waals surface area contributed by atoms with E-state index in [1.807, 2.05) is 0 Å². The second kappa shape index (κ2) is 19.6. The van der Waals surface area contributed by atoms with Crippen molar-refractivity contribution in [2.24, 2.45) is 0 Å². The fourth-order valence-corrected chi connectivity index (χ4v) is 2.73. The summed E-state index contributed by atoms with van der Waals surface area (Å²) in [4.78, 5) is 11.3. The first-order valence-corrected chi connectivity index (χ1v) is 10.4. The third-order valence-corrected chi connectivity index (χ3v) is 4.19. The molecule has 0 spiro atoms. The maximum Gasteiger partial charge on any atom is 0.305 e. The van der Waals surface area contributed by atoms with Crippen molar-refractivity contribution in [2.75, 3.05) is 12.4 Å². The van der Waals surface area contributed by atoms with Crippen LogP contribution in [0.25, 0.3) is 0 Å². The van der Waals surface area contributed by atoms with E-state index in [-0.39, 0.29) is 5.97 Å². The Morgan fingerprint density at radius 3 is 1.87 bits per heavy atom. The Hall–Kier alpha value is -0.440. The molecule has 0 bridgehead atoms. The summed E-state index contributed by atoms with van der Waals surface area (Å²) >= 11 is 4.02. The molecule has 136 valence electrons. The van der Waals surface area contributed by atoms with E-state index in [0.29, 0.717) is 18.8 Å². The van der Waals surface area contributed by atoms with Gasteiger partial charge in [0.2, 0.25) is 0 Å². The first-order chi connectivity index (χ1) is 11.3. The second-order valence-corrected chi connectivity index (χ2v) is 6.70. The van der Waals surface area contributed by atoms with Gasteiger partial charge < -0.3 is 4.74 Å². The van der Waals surface area contributed by atoms with Gasteiger partial charge in [-0.05, 0) is 25.7 Å². The molecule has 0 aliphatic heterocycles. The zero-order valence-corrected chi connectivity index (χ0v) is 16.1. The average molecular weight is 343 g/mol. The summed E-state index contributed by atoms with van der Waals surface area (Å²) in [5.41, 5.74) is 0. The van der Waals surface area contributed by atoms with Crippen molar-refractivity contribution >= 4 is 18.6 Å². The Bertz CT molecular complexity index is 277. The minimum Gasteiger partial charge on any atom is -0.465 e. The van der Waals surface area contributed by atoms with Gasteiger partial charge in [-0.25, -0.2) is 0 Å². The third-order valence-electron chi connectivity index (χ3n) is 4.01. The Morgan fingerprint density at radius 1 is 0.826 bits per heavy atom. The number of rotatable bonds is 17. The van der Waals surface area contributed by atoms with E-state index in [2.05, 4.69) is 31.7 Å².